The number of nitrogens with one attached hydrogen (secondary N) is 1. The number of furan rings is 1. The minimum Gasteiger partial charge on any atom is -0.467 e. The summed E-state index contributed by atoms with van der Waals surface area (Å²) >= 11 is 0. The van der Waals surface area contributed by atoms with Crippen LogP contribution in [0.2, 0.25) is 0 Å². The molecule has 1 atom stereocenters. The number of hydrogen-bond donors (Lipinski definition) is 2. The molecule has 3 aromatic rings. The maximum atomic E-state index is 5.58. The second-order valence-electron chi connectivity index (χ2n) is 4.94. The van der Waals surface area contributed by atoms with Gasteiger partial charge in [0, 0.05) is 18.2 Å². The summed E-state index contributed by atoms with van der Waals surface area (Å²) < 4.78 is 5.57. The molecule has 0 aliphatic carbocycles. The number of benzene rings is 1. The molecular weight excluding hydrogens is 276 g/mol. The number of rotatable bonds is 6. The van der Waals surface area contributed by atoms with Crippen LogP contribution < -0.4 is 11.1 Å². The zero-order valence-electron chi connectivity index (χ0n) is 12.1. The summed E-state index contributed by atoms with van der Waals surface area (Å²) in [5.74, 6) is 1.59. The average molecular weight is 294 g/mol. The van der Waals surface area contributed by atoms with E-state index in [4.69, 9.17) is 10.2 Å². The monoisotopic (exact) mass is 294 g/mol. The second kappa shape index (κ2) is 6.87. The molecule has 0 unspecified atom stereocenters. The normalized spacial score (nSPS) is 12.0. The Morgan fingerprint density at radius 1 is 1.09 bits per heavy atom. The van der Waals surface area contributed by atoms with Crippen molar-refractivity contribution in [1.29, 1.82) is 0 Å². The minimum atomic E-state index is -0.100. The maximum absolute atomic E-state index is 5.58. The van der Waals surface area contributed by atoms with Gasteiger partial charge in [0.25, 0.3) is 0 Å². The summed E-state index contributed by atoms with van der Waals surface area (Å²) in [6, 6.07) is 15.8. The van der Waals surface area contributed by atoms with Gasteiger partial charge in [-0.15, -0.1) is 0 Å². The van der Waals surface area contributed by atoms with Crippen molar-refractivity contribution in [3.8, 4) is 0 Å². The van der Waals surface area contributed by atoms with E-state index in [1.165, 1.54) is 0 Å². The summed E-state index contributed by atoms with van der Waals surface area (Å²) in [5.41, 5.74) is 7.61. The van der Waals surface area contributed by atoms with Gasteiger partial charge in [-0.25, -0.2) is 9.97 Å². The Kier molecular flexibility index (Phi) is 4.46. The van der Waals surface area contributed by atoms with Crippen molar-refractivity contribution < 1.29 is 4.42 Å². The van der Waals surface area contributed by atoms with Crippen LogP contribution in [0, 0.1) is 0 Å². The highest BCUT2D eigenvalue weighted by molar-refractivity contribution is 5.42. The lowest BCUT2D eigenvalue weighted by Gasteiger charge is -2.18. The zero-order valence-corrected chi connectivity index (χ0v) is 12.1. The fraction of sp³-hybridized carbons (Fsp3) is 0.176. The molecule has 0 radical (unpaired) electrons. The number of aromatic nitrogens is 2. The topological polar surface area (TPSA) is 77.0 Å². The first-order valence-electron chi connectivity index (χ1n) is 7.22. The summed E-state index contributed by atoms with van der Waals surface area (Å²) in [7, 11) is 0. The van der Waals surface area contributed by atoms with Crippen LogP contribution in [0.15, 0.2) is 65.5 Å². The van der Waals surface area contributed by atoms with Crippen molar-refractivity contribution in [2.45, 2.75) is 12.5 Å². The predicted molar refractivity (Wildman–Crippen MR) is 85.4 cm³/mol. The Balaban J connectivity index is 1.89. The van der Waals surface area contributed by atoms with Gasteiger partial charge in [0.2, 0.25) is 0 Å². The molecule has 0 aliphatic heterocycles. The van der Waals surface area contributed by atoms with Crippen LogP contribution in [-0.4, -0.2) is 16.5 Å². The van der Waals surface area contributed by atoms with Crippen molar-refractivity contribution in [3.05, 3.63) is 78.1 Å². The molecule has 2 heterocycles. The number of hydrogen-bond acceptors (Lipinski definition) is 5. The molecule has 5 nitrogen and oxygen atoms in total. The van der Waals surface area contributed by atoms with Gasteiger partial charge in [-0.2, -0.15) is 0 Å². The van der Waals surface area contributed by atoms with Gasteiger partial charge in [0.1, 0.15) is 23.9 Å². The van der Waals surface area contributed by atoms with Crippen molar-refractivity contribution >= 4 is 5.82 Å². The molecule has 2 aromatic heterocycles. The molecule has 3 N–H and O–H groups in total. The summed E-state index contributed by atoms with van der Waals surface area (Å²) in [5, 5.41) is 3.41. The first-order chi connectivity index (χ1) is 10.9. The Morgan fingerprint density at radius 3 is 2.68 bits per heavy atom. The van der Waals surface area contributed by atoms with E-state index < -0.39 is 0 Å². The molecule has 0 saturated carbocycles. The minimum absolute atomic E-state index is 0.100. The molecule has 1 aromatic carbocycles. The third kappa shape index (κ3) is 3.32. The first-order valence-corrected chi connectivity index (χ1v) is 7.22. The molecule has 3 rings (SSSR count). The van der Waals surface area contributed by atoms with Gasteiger partial charge in [-0.05, 0) is 24.2 Å². The summed E-state index contributed by atoms with van der Waals surface area (Å²) in [4.78, 5) is 8.51. The quantitative estimate of drug-likeness (QED) is 0.731. The van der Waals surface area contributed by atoms with Crippen molar-refractivity contribution in [2.24, 2.45) is 5.73 Å². The summed E-state index contributed by atoms with van der Waals surface area (Å²) in [6.45, 7) is 0.566. The van der Waals surface area contributed by atoms with Crippen LogP contribution in [-0.2, 0) is 6.42 Å². The Bertz CT molecular complexity index is 698. The Morgan fingerprint density at radius 2 is 1.95 bits per heavy atom. The van der Waals surface area contributed by atoms with Gasteiger partial charge >= 0.3 is 0 Å². The van der Waals surface area contributed by atoms with Gasteiger partial charge < -0.3 is 15.5 Å². The van der Waals surface area contributed by atoms with E-state index in [2.05, 4.69) is 27.4 Å². The van der Waals surface area contributed by atoms with Crippen LogP contribution in [0.5, 0.6) is 0 Å². The number of nitrogens with zero attached hydrogens (tertiary/aromatic N) is 2. The van der Waals surface area contributed by atoms with Crippen LogP contribution >= 0.6 is 0 Å². The molecule has 0 saturated heterocycles. The van der Waals surface area contributed by atoms with E-state index in [1.54, 1.807) is 12.6 Å². The van der Waals surface area contributed by atoms with Gasteiger partial charge in [-0.3, -0.25) is 0 Å². The summed E-state index contributed by atoms with van der Waals surface area (Å²) in [6.07, 6.45) is 3.96. The molecular formula is C17H18N4O. The van der Waals surface area contributed by atoms with Gasteiger partial charge in [-0.1, -0.05) is 30.3 Å². The predicted octanol–water partition coefficient (Wildman–Crippen LogP) is 2.77. The third-order valence-corrected chi connectivity index (χ3v) is 3.38. The van der Waals surface area contributed by atoms with Gasteiger partial charge in [0.05, 0.1) is 6.26 Å². The molecule has 0 bridgehead atoms. The second-order valence-corrected chi connectivity index (χ2v) is 4.94. The van der Waals surface area contributed by atoms with E-state index in [1.807, 2.05) is 36.4 Å². The molecule has 0 spiro atoms. The fourth-order valence-corrected chi connectivity index (χ4v) is 2.33. The first kappa shape index (κ1) is 14.3. The molecule has 0 amide bonds. The standard InChI is InChI=1S/C17H18N4O/c18-9-8-14-11-16(20-12-19-14)21-17(15-7-4-10-22-15)13-5-2-1-3-6-13/h1-7,10-12,17H,8-9,18H2,(H,19,20,21)/t17-/m1/s1. The zero-order chi connectivity index (χ0) is 15.2. The Labute approximate surface area is 129 Å². The van der Waals surface area contributed by atoms with E-state index in [9.17, 15) is 0 Å². The molecule has 22 heavy (non-hydrogen) atoms. The van der Waals surface area contributed by atoms with Crippen LogP contribution in [0.25, 0.3) is 0 Å². The van der Waals surface area contributed by atoms with Crippen LogP contribution in [0.4, 0.5) is 5.82 Å². The van der Waals surface area contributed by atoms with Crippen LogP contribution in [0.1, 0.15) is 23.1 Å². The van der Waals surface area contributed by atoms with Crippen LogP contribution in [0.3, 0.4) is 0 Å². The number of anilines is 1. The molecule has 5 heteroatoms. The van der Waals surface area contributed by atoms with Crippen molar-refractivity contribution in [2.75, 3.05) is 11.9 Å². The van der Waals surface area contributed by atoms with Gasteiger partial charge in [0.15, 0.2) is 0 Å². The molecule has 0 fully saturated rings. The SMILES string of the molecule is NCCc1cc(N[C@H](c2ccccc2)c2ccco2)ncn1. The lowest BCUT2D eigenvalue weighted by Crippen LogP contribution is -2.13. The van der Waals surface area contributed by atoms with E-state index >= 15 is 0 Å². The average Bonchev–Trinajstić information content (AvgIpc) is 3.08. The lowest BCUT2D eigenvalue weighted by molar-refractivity contribution is 0.498. The highest BCUT2D eigenvalue weighted by Crippen LogP contribution is 2.26. The van der Waals surface area contributed by atoms with E-state index in [0.29, 0.717) is 6.54 Å². The smallest absolute Gasteiger partial charge is 0.130 e. The van der Waals surface area contributed by atoms with Crippen molar-refractivity contribution in [1.82, 2.24) is 9.97 Å². The largest absolute Gasteiger partial charge is 0.467 e. The highest BCUT2D eigenvalue weighted by atomic mass is 16.3. The number of nitrogens with two attached hydrogens (primary N) is 1. The maximum Gasteiger partial charge on any atom is 0.130 e. The lowest BCUT2D eigenvalue weighted by atomic mass is 10.0. The third-order valence-electron chi connectivity index (χ3n) is 3.38. The van der Waals surface area contributed by atoms with E-state index in [0.717, 1.165) is 29.3 Å². The van der Waals surface area contributed by atoms with E-state index in [-0.39, 0.29) is 6.04 Å². The highest BCUT2D eigenvalue weighted by Gasteiger charge is 2.17. The molecule has 112 valence electrons. The Hall–Kier alpha value is -2.66. The fourth-order valence-electron chi connectivity index (χ4n) is 2.33. The van der Waals surface area contributed by atoms with Crippen molar-refractivity contribution in [3.63, 3.8) is 0 Å². The molecule has 0 aliphatic rings.